The van der Waals surface area contributed by atoms with E-state index in [2.05, 4.69) is 18.7 Å². The summed E-state index contributed by atoms with van der Waals surface area (Å²) in [5.74, 6) is -0.380. The number of Topliss-reactive ketones (excluding diaryl/α,β-unsaturated/α-hetero) is 1. The molecule has 1 N–H and O–H groups in total. The van der Waals surface area contributed by atoms with E-state index in [0.717, 1.165) is 18.7 Å². The first-order chi connectivity index (χ1) is 15.5. The number of hydrogen-bond donors (Lipinski definition) is 1. The highest BCUT2D eigenvalue weighted by atomic mass is 16.6. The number of benzene rings is 2. The third-order valence-electron chi connectivity index (χ3n) is 6.02. The van der Waals surface area contributed by atoms with Crippen molar-refractivity contribution in [2.75, 3.05) is 39.4 Å². The van der Waals surface area contributed by atoms with Crippen molar-refractivity contribution in [3.8, 4) is 11.5 Å². The van der Waals surface area contributed by atoms with Crippen LogP contribution in [0.4, 0.5) is 0 Å². The molecule has 0 aromatic heterocycles. The molecule has 1 fully saturated rings. The summed E-state index contributed by atoms with van der Waals surface area (Å²) in [4.78, 5) is 29.9. The van der Waals surface area contributed by atoms with E-state index in [0.29, 0.717) is 43.4 Å². The summed E-state index contributed by atoms with van der Waals surface area (Å²) in [6.07, 6.45) is 0. The van der Waals surface area contributed by atoms with E-state index < -0.39 is 17.7 Å². The number of carbonyl (C=O) groups excluding carboxylic acids is 2. The van der Waals surface area contributed by atoms with E-state index >= 15 is 0 Å². The first-order valence-corrected chi connectivity index (χ1v) is 11.0. The number of fused-ring (bicyclic) bond motifs is 1. The SMILES string of the molecule is CCN(CC)CCN1C(=O)C(=O)C(=C(O)c2ccc3c(c2)OCCO3)[C@@H]1c1ccccc1. The molecule has 0 unspecified atom stereocenters. The third-order valence-corrected chi connectivity index (χ3v) is 6.02. The molecule has 2 aromatic rings. The molecule has 0 bridgehead atoms. The fourth-order valence-electron chi connectivity index (χ4n) is 4.23. The zero-order valence-corrected chi connectivity index (χ0v) is 18.4. The number of amides is 1. The smallest absolute Gasteiger partial charge is 0.295 e. The van der Waals surface area contributed by atoms with Crippen molar-refractivity contribution >= 4 is 17.4 Å². The van der Waals surface area contributed by atoms with E-state index in [1.807, 2.05) is 30.3 Å². The van der Waals surface area contributed by atoms with Crippen LogP contribution in [0.5, 0.6) is 11.5 Å². The molecular weight excluding hydrogens is 408 g/mol. The minimum Gasteiger partial charge on any atom is -0.507 e. The number of ketones is 1. The maximum Gasteiger partial charge on any atom is 0.295 e. The van der Waals surface area contributed by atoms with Gasteiger partial charge in [-0.3, -0.25) is 9.59 Å². The number of aliphatic hydroxyl groups excluding tert-OH is 1. The zero-order valence-electron chi connectivity index (χ0n) is 18.4. The monoisotopic (exact) mass is 436 g/mol. The second-order valence-electron chi connectivity index (χ2n) is 7.79. The Morgan fingerprint density at radius 3 is 2.41 bits per heavy atom. The van der Waals surface area contributed by atoms with Gasteiger partial charge in [0.25, 0.3) is 11.7 Å². The second kappa shape index (κ2) is 9.44. The molecule has 7 nitrogen and oxygen atoms in total. The number of rotatable bonds is 7. The molecule has 1 amide bonds. The summed E-state index contributed by atoms with van der Waals surface area (Å²) >= 11 is 0. The van der Waals surface area contributed by atoms with Crippen molar-refractivity contribution < 1.29 is 24.2 Å². The second-order valence-corrected chi connectivity index (χ2v) is 7.79. The summed E-state index contributed by atoms with van der Waals surface area (Å²) in [5.41, 5.74) is 1.29. The summed E-state index contributed by atoms with van der Waals surface area (Å²) < 4.78 is 11.2. The van der Waals surface area contributed by atoms with Gasteiger partial charge in [0.2, 0.25) is 0 Å². The van der Waals surface area contributed by atoms with Crippen LogP contribution in [0.3, 0.4) is 0 Å². The van der Waals surface area contributed by atoms with E-state index in [1.54, 1.807) is 23.1 Å². The molecule has 0 spiro atoms. The van der Waals surface area contributed by atoms with Crippen LogP contribution in [0, 0.1) is 0 Å². The molecular formula is C25H28N2O5. The molecule has 2 aliphatic rings. The Balaban J connectivity index is 1.76. The van der Waals surface area contributed by atoms with Gasteiger partial charge < -0.3 is 24.4 Å². The number of likely N-dealkylation sites (N-methyl/N-ethyl adjacent to an activating group) is 1. The third kappa shape index (κ3) is 4.08. The maximum absolute atomic E-state index is 13.1. The molecule has 1 saturated heterocycles. The number of hydrogen-bond acceptors (Lipinski definition) is 6. The van der Waals surface area contributed by atoms with Gasteiger partial charge in [-0.2, -0.15) is 0 Å². The van der Waals surface area contributed by atoms with Gasteiger partial charge in [-0.1, -0.05) is 44.2 Å². The van der Waals surface area contributed by atoms with Gasteiger partial charge in [0, 0.05) is 18.7 Å². The highest BCUT2D eigenvalue weighted by Gasteiger charge is 2.46. The average Bonchev–Trinajstić information content (AvgIpc) is 3.09. The van der Waals surface area contributed by atoms with Gasteiger partial charge in [-0.05, 0) is 36.9 Å². The summed E-state index contributed by atoms with van der Waals surface area (Å²) in [6.45, 7) is 7.75. The Morgan fingerprint density at radius 1 is 1.03 bits per heavy atom. The van der Waals surface area contributed by atoms with Crippen molar-refractivity contribution in [3.63, 3.8) is 0 Å². The Labute approximate surface area is 187 Å². The van der Waals surface area contributed by atoms with Crippen LogP contribution < -0.4 is 9.47 Å². The topological polar surface area (TPSA) is 79.3 Å². The molecule has 0 saturated carbocycles. The van der Waals surface area contributed by atoms with E-state index in [9.17, 15) is 14.7 Å². The summed E-state index contributed by atoms with van der Waals surface area (Å²) in [7, 11) is 0. The normalized spacial score (nSPS) is 19.6. The molecule has 4 rings (SSSR count). The standard InChI is InChI=1S/C25H28N2O5/c1-3-26(4-2)12-13-27-22(17-8-6-5-7-9-17)21(24(29)25(27)30)23(28)18-10-11-19-20(16-18)32-15-14-31-19/h5-11,16,22,28H,3-4,12-15H2,1-2H3/t22-/m0/s1. The highest BCUT2D eigenvalue weighted by molar-refractivity contribution is 6.46. The van der Waals surface area contributed by atoms with Gasteiger partial charge in [0.05, 0.1) is 11.6 Å². The van der Waals surface area contributed by atoms with Gasteiger partial charge in [0.15, 0.2) is 11.5 Å². The van der Waals surface area contributed by atoms with Crippen LogP contribution in [0.1, 0.15) is 31.0 Å². The Bertz CT molecular complexity index is 1030. The molecule has 32 heavy (non-hydrogen) atoms. The molecule has 2 heterocycles. The van der Waals surface area contributed by atoms with Crippen LogP contribution in [0.25, 0.3) is 5.76 Å². The number of likely N-dealkylation sites (tertiary alicyclic amines) is 1. The molecule has 2 aromatic carbocycles. The number of carbonyl (C=O) groups is 2. The van der Waals surface area contributed by atoms with Crippen LogP contribution in [0.15, 0.2) is 54.1 Å². The predicted molar refractivity (Wildman–Crippen MR) is 121 cm³/mol. The molecule has 168 valence electrons. The minimum absolute atomic E-state index is 0.0948. The zero-order chi connectivity index (χ0) is 22.7. The molecule has 2 aliphatic heterocycles. The molecule has 1 atom stereocenters. The van der Waals surface area contributed by atoms with Gasteiger partial charge in [-0.15, -0.1) is 0 Å². The van der Waals surface area contributed by atoms with Crippen molar-refractivity contribution in [2.24, 2.45) is 0 Å². The molecule has 7 heteroatoms. The van der Waals surface area contributed by atoms with Crippen molar-refractivity contribution in [2.45, 2.75) is 19.9 Å². The first-order valence-electron chi connectivity index (χ1n) is 11.0. The highest BCUT2D eigenvalue weighted by Crippen LogP contribution is 2.40. The van der Waals surface area contributed by atoms with E-state index in [4.69, 9.17) is 9.47 Å². The predicted octanol–water partition coefficient (Wildman–Crippen LogP) is 3.22. The van der Waals surface area contributed by atoms with Crippen LogP contribution in [-0.4, -0.2) is 66.0 Å². The molecule has 0 radical (unpaired) electrons. The minimum atomic E-state index is -0.675. The lowest BCUT2D eigenvalue weighted by Crippen LogP contribution is -2.38. The number of aliphatic hydroxyl groups is 1. The average molecular weight is 437 g/mol. The van der Waals surface area contributed by atoms with Crippen molar-refractivity contribution in [3.05, 3.63) is 65.2 Å². The number of ether oxygens (including phenoxy) is 2. The first kappa shape index (κ1) is 21.9. The quantitative estimate of drug-likeness (QED) is 0.408. The lowest BCUT2D eigenvalue weighted by Gasteiger charge is -2.28. The Morgan fingerprint density at radius 2 is 1.72 bits per heavy atom. The largest absolute Gasteiger partial charge is 0.507 e. The van der Waals surface area contributed by atoms with Crippen LogP contribution >= 0.6 is 0 Å². The Hall–Kier alpha value is -3.32. The van der Waals surface area contributed by atoms with Crippen molar-refractivity contribution in [1.29, 1.82) is 0 Å². The molecule has 0 aliphatic carbocycles. The van der Waals surface area contributed by atoms with E-state index in [1.165, 1.54) is 0 Å². The van der Waals surface area contributed by atoms with Gasteiger partial charge in [0.1, 0.15) is 19.0 Å². The van der Waals surface area contributed by atoms with Gasteiger partial charge >= 0.3 is 0 Å². The fraction of sp³-hybridized carbons (Fsp3) is 0.360. The van der Waals surface area contributed by atoms with Crippen molar-refractivity contribution in [1.82, 2.24) is 9.80 Å². The summed E-state index contributed by atoms with van der Waals surface area (Å²) in [5, 5.41) is 11.2. The van der Waals surface area contributed by atoms with Crippen LogP contribution in [0.2, 0.25) is 0 Å². The lowest BCUT2D eigenvalue weighted by atomic mass is 9.95. The van der Waals surface area contributed by atoms with Gasteiger partial charge in [-0.25, -0.2) is 0 Å². The van der Waals surface area contributed by atoms with Crippen LogP contribution in [-0.2, 0) is 9.59 Å². The summed E-state index contributed by atoms with van der Waals surface area (Å²) in [6, 6.07) is 13.7. The van der Waals surface area contributed by atoms with E-state index in [-0.39, 0.29) is 11.3 Å². The lowest BCUT2D eigenvalue weighted by molar-refractivity contribution is -0.140. The maximum atomic E-state index is 13.1. The Kier molecular flexibility index (Phi) is 6.46. The fourth-order valence-corrected chi connectivity index (χ4v) is 4.23. The number of nitrogens with zero attached hydrogens (tertiary/aromatic N) is 2.